The molecule has 1 aliphatic rings. The molecule has 0 radical (unpaired) electrons. The highest BCUT2D eigenvalue weighted by Crippen LogP contribution is 2.31. The van der Waals surface area contributed by atoms with E-state index in [2.05, 4.69) is 5.32 Å². The van der Waals surface area contributed by atoms with Crippen LogP contribution in [0.1, 0.15) is 5.56 Å². The van der Waals surface area contributed by atoms with Gasteiger partial charge in [-0.05, 0) is 18.2 Å². The van der Waals surface area contributed by atoms with E-state index >= 15 is 0 Å². The van der Waals surface area contributed by atoms with Crippen molar-refractivity contribution < 1.29 is 18.0 Å². The van der Waals surface area contributed by atoms with Crippen LogP contribution in [0.2, 0.25) is 0 Å². The van der Waals surface area contributed by atoms with Gasteiger partial charge in [-0.15, -0.1) is 0 Å². The highest BCUT2D eigenvalue weighted by Gasteiger charge is 2.31. The van der Waals surface area contributed by atoms with Crippen LogP contribution in [0.5, 0.6) is 0 Å². The summed E-state index contributed by atoms with van der Waals surface area (Å²) >= 11 is 0. The molecule has 6 heteroatoms. The summed E-state index contributed by atoms with van der Waals surface area (Å²) in [6.45, 7) is 1.14. The molecule has 17 heavy (non-hydrogen) atoms. The molecular formula is C11H11F3N2O. The van der Waals surface area contributed by atoms with Crippen molar-refractivity contribution in [2.45, 2.75) is 6.18 Å². The van der Waals surface area contributed by atoms with E-state index in [1.807, 2.05) is 0 Å². The summed E-state index contributed by atoms with van der Waals surface area (Å²) in [7, 11) is 0. The second kappa shape index (κ2) is 4.37. The van der Waals surface area contributed by atoms with Crippen molar-refractivity contribution in [3.63, 3.8) is 0 Å². The van der Waals surface area contributed by atoms with Gasteiger partial charge in [-0.3, -0.25) is 4.79 Å². The number of hydrogen-bond acceptors (Lipinski definition) is 2. The number of halogens is 3. The molecule has 0 aliphatic carbocycles. The molecule has 1 saturated heterocycles. The van der Waals surface area contributed by atoms with E-state index < -0.39 is 11.7 Å². The molecule has 1 aromatic rings. The maximum atomic E-state index is 12.5. The van der Waals surface area contributed by atoms with Crippen molar-refractivity contribution >= 4 is 11.6 Å². The predicted molar refractivity (Wildman–Crippen MR) is 56.7 cm³/mol. The molecule has 0 atom stereocenters. The zero-order valence-corrected chi connectivity index (χ0v) is 8.92. The maximum absolute atomic E-state index is 12.5. The van der Waals surface area contributed by atoms with Crippen LogP contribution in [0.4, 0.5) is 18.9 Å². The maximum Gasteiger partial charge on any atom is 0.416 e. The quantitative estimate of drug-likeness (QED) is 0.814. The van der Waals surface area contributed by atoms with Crippen LogP contribution in [0.3, 0.4) is 0 Å². The standard InChI is InChI=1S/C11H11F3N2O/c12-11(13,14)8-2-1-3-9(6-8)16-5-4-15-7-10(16)17/h1-3,6,15H,4-5,7H2. The first-order chi connectivity index (χ1) is 7.98. The summed E-state index contributed by atoms with van der Waals surface area (Å²) in [5, 5.41) is 2.87. The minimum absolute atomic E-state index is 0.163. The van der Waals surface area contributed by atoms with Crippen LogP contribution < -0.4 is 10.2 Å². The van der Waals surface area contributed by atoms with Gasteiger partial charge in [0.1, 0.15) is 0 Å². The number of hydrogen-bond donors (Lipinski definition) is 1. The average Bonchev–Trinajstić information content (AvgIpc) is 2.29. The number of piperazine rings is 1. The van der Waals surface area contributed by atoms with Crippen molar-refractivity contribution in [1.29, 1.82) is 0 Å². The molecule has 2 rings (SSSR count). The number of carbonyl (C=O) groups is 1. The molecular weight excluding hydrogens is 233 g/mol. The van der Waals surface area contributed by atoms with Gasteiger partial charge in [0.25, 0.3) is 0 Å². The molecule has 1 aromatic carbocycles. The SMILES string of the molecule is O=C1CNCCN1c1cccc(C(F)(F)F)c1. The lowest BCUT2D eigenvalue weighted by Gasteiger charge is -2.27. The van der Waals surface area contributed by atoms with Crippen LogP contribution in [0, 0.1) is 0 Å². The first kappa shape index (κ1) is 11.9. The second-order valence-electron chi connectivity index (χ2n) is 3.77. The van der Waals surface area contributed by atoms with Gasteiger partial charge in [0, 0.05) is 18.8 Å². The lowest BCUT2D eigenvalue weighted by molar-refractivity contribution is -0.137. The molecule has 92 valence electrons. The number of alkyl halides is 3. The Morgan fingerprint density at radius 3 is 2.71 bits per heavy atom. The van der Waals surface area contributed by atoms with Gasteiger partial charge >= 0.3 is 6.18 Å². The van der Waals surface area contributed by atoms with Crippen molar-refractivity contribution in [2.24, 2.45) is 0 Å². The summed E-state index contributed by atoms with van der Waals surface area (Å²) in [6.07, 6.45) is -4.38. The fourth-order valence-corrected chi connectivity index (χ4v) is 1.73. The van der Waals surface area contributed by atoms with Crippen LogP contribution in [0.25, 0.3) is 0 Å². The van der Waals surface area contributed by atoms with E-state index in [0.717, 1.165) is 12.1 Å². The van der Waals surface area contributed by atoms with Gasteiger partial charge in [-0.25, -0.2) is 0 Å². The number of benzene rings is 1. The first-order valence-electron chi connectivity index (χ1n) is 5.17. The summed E-state index contributed by atoms with van der Waals surface area (Å²) in [5.41, 5.74) is -0.437. The summed E-state index contributed by atoms with van der Waals surface area (Å²) in [6, 6.07) is 4.82. The number of nitrogens with zero attached hydrogens (tertiary/aromatic N) is 1. The topological polar surface area (TPSA) is 32.3 Å². The van der Waals surface area contributed by atoms with E-state index in [9.17, 15) is 18.0 Å². The lowest BCUT2D eigenvalue weighted by Crippen LogP contribution is -2.48. The smallest absolute Gasteiger partial charge is 0.310 e. The number of rotatable bonds is 1. The molecule has 1 amide bonds. The molecule has 3 nitrogen and oxygen atoms in total. The van der Waals surface area contributed by atoms with Crippen molar-refractivity contribution in [1.82, 2.24) is 5.32 Å². The summed E-state index contributed by atoms with van der Waals surface area (Å²) in [5.74, 6) is -0.212. The molecule has 1 heterocycles. The fraction of sp³-hybridized carbons (Fsp3) is 0.364. The third kappa shape index (κ3) is 2.58. The molecule has 1 N–H and O–H groups in total. The van der Waals surface area contributed by atoms with Gasteiger partial charge in [-0.1, -0.05) is 6.07 Å². The number of amides is 1. The number of nitrogens with one attached hydrogen (secondary N) is 1. The van der Waals surface area contributed by atoms with Crippen LogP contribution >= 0.6 is 0 Å². The highest BCUT2D eigenvalue weighted by atomic mass is 19.4. The largest absolute Gasteiger partial charge is 0.416 e. The van der Waals surface area contributed by atoms with Gasteiger partial charge in [0.05, 0.1) is 12.1 Å². The first-order valence-corrected chi connectivity index (χ1v) is 5.17. The van der Waals surface area contributed by atoms with Gasteiger partial charge in [0.15, 0.2) is 0 Å². The van der Waals surface area contributed by atoms with E-state index in [-0.39, 0.29) is 12.5 Å². The van der Waals surface area contributed by atoms with E-state index in [1.165, 1.54) is 17.0 Å². The molecule has 0 bridgehead atoms. The molecule has 0 spiro atoms. The zero-order valence-electron chi connectivity index (χ0n) is 8.92. The Labute approximate surface area is 96.2 Å². The van der Waals surface area contributed by atoms with Crippen LogP contribution in [0.15, 0.2) is 24.3 Å². The Balaban J connectivity index is 2.29. The number of carbonyl (C=O) groups excluding carboxylic acids is 1. The molecule has 1 fully saturated rings. The Morgan fingerprint density at radius 1 is 1.29 bits per heavy atom. The Kier molecular flexibility index (Phi) is 3.06. The monoisotopic (exact) mass is 244 g/mol. The average molecular weight is 244 g/mol. The molecule has 0 saturated carbocycles. The molecule has 0 unspecified atom stereocenters. The van der Waals surface area contributed by atoms with Gasteiger partial charge < -0.3 is 10.2 Å². The third-order valence-electron chi connectivity index (χ3n) is 2.57. The third-order valence-corrected chi connectivity index (χ3v) is 2.57. The van der Waals surface area contributed by atoms with Crippen molar-refractivity contribution in [3.8, 4) is 0 Å². The Hall–Kier alpha value is -1.56. The van der Waals surface area contributed by atoms with Gasteiger partial charge in [-0.2, -0.15) is 13.2 Å². The van der Waals surface area contributed by atoms with Crippen molar-refractivity contribution in [2.75, 3.05) is 24.5 Å². The minimum atomic E-state index is -4.38. The lowest BCUT2D eigenvalue weighted by atomic mass is 10.1. The normalized spacial score (nSPS) is 17.4. The predicted octanol–water partition coefficient (Wildman–Crippen LogP) is 1.64. The van der Waals surface area contributed by atoms with Crippen LogP contribution in [-0.4, -0.2) is 25.5 Å². The van der Waals surface area contributed by atoms with Crippen LogP contribution in [-0.2, 0) is 11.0 Å². The minimum Gasteiger partial charge on any atom is -0.310 e. The fourth-order valence-electron chi connectivity index (χ4n) is 1.73. The molecule has 0 aromatic heterocycles. The highest BCUT2D eigenvalue weighted by molar-refractivity contribution is 5.95. The second-order valence-corrected chi connectivity index (χ2v) is 3.77. The van der Waals surface area contributed by atoms with Crippen molar-refractivity contribution in [3.05, 3.63) is 29.8 Å². The van der Waals surface area contributed by atoms with E-state index in [4.69, 9.17) is 0 Å². The summed E-state index contributed by atoms with van der Waals surface area (Å²) in [4.78, 5) is 12.9. The Morgan fingerprint density at radius 2 is 2.06 bits per heavy atom. The van der Waals surface area contributed by atoms with Gasteiger partial charge in [0.2, 0.25) is 5.91 Å². The van der Waals surface area contributed by atoms with E-state index in [1.54, 1.807) is 0 Å². The number of anilines is 1. The molecule has 1 aliphatic heterocycles. The Bertz CT molecular complexity index is 431. The summed E-state index contributed by atoms with van der Waals surface area (Å²) < 4.78 is 37.5. The van der Waals surface area contributed by atoms with E-state index in [0.29, 0.717) is 18.8 Å². The zero-order chi connectivity index (χ0) is 12.5.